The Labute approximate surface area is 120 Å². The van der Waals surface area contributed by atoms with Crippen LogP contribution in [0.25, 0.3) is 0 Å². The Hall–Kier alpha value is -1.59. The quantitative estimate of drug-likeness (QED) is 0.466. The SMILES string of the molecule is CCCC(=O)NCCCC(NC(=O)CCC)C(=O)OC. The van der Waals surface area contributed by atoms with Gasteiger partial charge in [0.15, 0.2) is 0 Å². The van der Waals surface area contributed by atoms with Crippen molar-refractivity contribution in [3.05, 3.63) is 0 Å². The van der Waals surface area contributed by atoms with Gasteiger partial charge in [-0.05, 0) is 25.7 Å². The van der Waals surface area contributed by atoms with Crippen LogP contribution in [0.2, 0.25) is 0 Å². The summed E-state index contributed by atoms with van der Waals surface area (Å²) in [7, 11) is 1.30. The molecular formula is C14H26N2O4. The molecule has 6 heteroatoms. The van der Waals surface area contributed by atoms with E-state index in [1.165, 1.54) is 7.11 Å². The number of hydrogen-bond acceptors (Lipinski definition) is 4. The minimum Gasteiger partial charge on any atom is -0.467 e. The van der Waals surface area contributed by atoms with Crippen LogP contribution in [-0.4, -0.2) is 37.5 Å². The molecule has 2 amide bonds. The van der Waals surface area contributed by atoms with Crippen LogP contribution in [-0.2, 0) is 19.1 Å². The van der Waals surface area contributed by atoms with Crippen molar-refractivity contribution < 1.29 is 19.1 Å². The second kappa shape index (κ2) is 11.3. The largest absolute Gasteiger partial charge is 0.467 e. The molecule has 0 spiro atoms. The van der Waals surface area contributed by atoms with E-state index < -0.39 is 12.0 Å². The molecule has 0 rings (SSSR count). The third-order valence-electron chi connectivity index (χ3n) is 2.77. The molecule has 0 saturated heterocycles. The molecule has 0 aliphatic carbocycles. The lowest BCUT2D eigenvalue weighted by Gasteiger charge is -2.16. The number of hydrogen-bond donors (Lipinski definition) is 2. The third kappa shape index (κ3) is 8.50. The Bertz CT molecular complexity index is 318. The van der Waals surface area contributed by atoms with E-state index in [4.69, 9.17) is 0 Å². The molecule has 0 aliphatic heterocycles. The molecule has 0 aromatic rings. The summed E-state index contributed by atoms with van der Waals surface area (Å²) in [5.41, 5.74) is 0. The summed E-state index contributed by atoms with van der Waals surface area (Å²) in [5, 5.41) is 5.43. The van der Waals surface area contributed by atoms with Gasteiger partial charge in [-0.15, -0.1) is 0 Å². The second-order valence-electron chi connectivity index (χ2n) is 4.64. The number of nitrogens with one attached hydrogen (secondary N) is 2. The Morgan fingerprint density at radius 3 is 2.20 bits per heavy atom. The lowest BCUT2D eigenvalue weighted by atomic mass is 10.1. The van der Waals surface area contributed by atoms with Crippen LogP contribution in [0.4, 0.5) is 0 Å². The Kier molecular flexibility index (Phi) is 10.4. The number of ether oxygens (including phenoxy) is 1. The maximum atomic E-state index is 11.6. The summed E-state index contributed by atoms with van der Waals surface area (Å²) in [6.07, 6.45) is 3.50. The third-order valence-corrected chi connectivity index (χ3v) is 2.77. The van der Waals surface area contributed by atoms with Gasteiger partial charge in [-0.3, -0.25) is 9.59 Å². The van der Waals surface area contributed by atoms with Crippen LogP contribution in [0.15, 0.2) is 0 Å². The van der Waals surface area contributed by atoms with Crippen LogP contribution in [0.1, 0.15) is 52.4 Å². The lowest BCUT2D eigenvalue weighted by molar-refractivity contribution is -0.145. The predicted molar refractivity (Wildman–Crippen MR) is 76.0 cm³/mol. The zero-order chi connectivity index (χ0) is 15.4. The zero-order valence-electron chi connectivity index (χ0n) is 12.7. The van der Waals surface area contributed by atoms with E-state index in [2.05, 4.69) is 15.4 Å². The Morgan fingerprint density at radius 1 is 1.05 bits per heavy atom. The van der Waals surface area contributed by atoms with E-state index in [1.54, 1.807) is 0 Å². The van der Waals surface area contributed by atoms with Gasteiger partial charge in [0, 0.05) is 19.4 Å². The highest BCUT2D eigenvalue weighted by molar-refractivity contribution is 5.84. The summed E-state index contributed by atoms with van der Waals surface area (Å²) < 4.78 is 4.67. The van der Waals surface area contributed by atoms with Crippen molar-refractivity contribution in [1.29, 1.82) is 0 Å². The normalized spacial score (nSPS) is 11.6. The van der Waals surface area contributed by atoms with Crippen LogP contribution >= 0.6 is 0 Å². The molecule has 0 bridgehead atoms. The minimum atomic E-state index is -0.637. The smallest absolute Gasteiger partial charge is 0.328 e. The van der Waals surface area contributed by atoms with Gasteiger partial charge in [0.25, 0.3) is 0 Å². The molecule has 0 saturated carbocycles. The van der Waals surface area contributed by atoms with Crippen molar-refractivity contribution in [3.8, 4) is 0 Å². The average Bonchev–Trinajstić information content (AvgIpc) is 2.42. The van der Waals surface area contributed by atoms with E-state index in [9.17, 15) is 14.4 Å². The van der Waals surface area contributed by atoms with Crippen molar-refractivity contribution in [2.75, 3.05) is 13.7 Å². The number of rotatable bonds is 10. The van der Waals surface area contributed by atoms with Crippen LogP contribution < -0.4 is 10.6 Å². The highest BCUT2D eigenvalue weighted by Crippen LogP contribution is 2.01. The first-order valence-electron chi connectivity index (χ1n) is 7.19. The molecule has 0 radical (unpaired) electrons. The molecule has 20 heavy (non-hydrogen) atoms. The number of amides is 2. The summed E-state index contributed by atoms with van der Waals surface area (Å²) in [5.74, 6) is -0.593. The summed E-state index contributed by atoms with van der Waals surface area (Å²) in [6.45, 7) is 4.34. The summed E-state index contributed by atoms with van der Waals surface area (Å²) >= 11 is 0. The fraction of sp³-hybridized carbons (Fsp3) is 0.786. The molecular weight excluding hydrogens is 260 g/mol. The molecule has 0 fully saturated rings. The van der Waals surface area contributed by atoms with E-state index in [0.29, 0.717) is 32.2 Å². The van der Waals surface area contributed by atoms with Gasteiger partial charge in [0.05, 0.1) is 7.11 Å². The zero-order valence-corrected chi connectivity index (χ0v) is 12.7. The van der Waals surface area contributed by atoms with Crippen molar-refractivity contribution in [2.24, 2.45) is 0 Å². The van der Waals surface area contributed by atoms with Gasteiger partial charge < -0.3 is 15.4 Å². The Morgan fingerprint density at radius 2 is 1.65 bits per heavy atom. The highest BCUT2D eigenvalue weighted by atomic mass is 16.5. The standard InChI is InChI=1S/C14H26N2O4/c1-4-7-12(17)15-10-6-9-11(14(19)20-3)16-13(18)8-5-2/h11H,4-10H2,1-3H3,(H,15,17)(H,16,18). The summed E-state index contributed by atoms with van der Waals surface area (Å²) in [4.78, 5) is 34.3. The highest BCUT2D eigenvalue weighted by Gasteiger charge is 2.20. The first-order valence-corrected chi connectivity index (χ1v) is 7.19. The van der Waals surface area contributed by atoms with Crippen LogP contribution in [0.3, 0.4) is 0 Å². The van der Waals surface area contributed by atoms with E-state index in [1.807, 2.05) is 13.8 Å². The van der Waals surface area contributed by atoms with E-state index in [-0.39, 0.29) is 11.8 Å². The van der Waals surface area contributed by atoms with Crippen molar-refractivity contribution in [2.45, 2.75) is 58.4 Å². The maximum absolute atomic E-state index is 11.6. The maximum Gasteiger partial charge on any atom is 0.328 e. The molecule has 116 valence electrons. The van der Waals surface area contributed by atoms with Crippen LogP contribution in [0.5, 0.6) is 0 Å². The molecule has 6 nitrogen and oxygen atoms in total. The van der Waals surface area contributed by atoms with Crippen molar-refractivity contribution in [3.63, 3.8) is 0 Å². The van der Waals surface area contributed by atoms with E-state index >= 15 is 0 Å². The number of carbonyl (C=O) groups excluding carboxylic acids is 3. The number of esters is 1. The second-order valence-corrected chi connectivity index (χ2v) is 4.64. The minimum absolute atomic E-state index is 0.0112. The number of methoxy groups -OCH3 is 1. The molecule has 0 heterocycles. The van der Waals surface area contributed by atoms with Gasteiger partial charge in [-0.2, -0.15) is 0 Å². The predicted octanol–water partition coefficient (Wildman–Crippen LogP) is 1.14. The lowest BCUT2D eigenvalue weighted by Crippen LogP contribution is -2.41. The summed E-state index contributed by atoms with van der Waals surface area (Å²) in [6, 6.07) is -0.637. The molecule has 0 aromatic carbocycles. The monoisotopic (exact) mass is 286 g/mol. The van der Waals surface area contributed by atoms with Gasteiger partial charge >= 0.3 is 5.97 Å². The molecule has 0 aliphatic rings. The number of carbonyl (C=O) groups is 3. The Balaban J connectivity index is 4.08. The van der Waals surface area contributed by atoms with Gasteiger partial charge in [0.1, 0.15) is 6.04 Å². The average molecular weight is 286 g/mol. The van der Waals surface area contributed by atoms with Gasteiger partial charge in [-0.1, -0.05) is 13.8 Å². The van der Waals surface area contributed by atoms with Crippen molar-refractivity contribution >= 4 is 17.8 Å². The first kappa shape index (κ1) is 18.4. The molecule has 1 unspecified atom stereocenters. The fourth-order valence-corrected chi connectivity index (χ4v) is 1.73. The molecule has 0 aromatic heterocycles. The van der Waals surface area contributed by atoms with Gasteiger partial charge in [-0.25, -0.2) is 4.79 Å². The topological polar surface area (TPSA) is 84.5 Å². The molecule has 2 N–H and O–H groups in total. The molecule has 1 atom stereocenters. The van der Waals surface area contributed by atoms with E-state index in [0.717, 1.165) is 12.8 Å². The fourth-order valence-electron chi connectivity index (χ4n) is 1.73. The van der Waals surface area contributed by atoms with Gasteiger partial charge in [0.2, 0.25) is 11.8 Å². The van der Waals surface area contributed by atoms with Crippen molar-refractivity contribution in [1.82, 2.24) is 10.6 Å². The van der Waals surface area contributed by atoms with Crippen LogP contribution in [0, 0.1) is 0 Å². The first-order chi connectivity index (χ1) is 9.54.